The molecule has 0 fully saturated rings. The monoisotopic (exact) mass is 470 g/mol. The number of imidazole rings is 1. The molecule has 0 aliphatic heterocycles. The molecule has 2 heterocycles. The summed E-state index contributed by atoms with van der Waals surface area (Å²) in [5, 5.41) is 0. The zero-order valence-electron chi connectivity index (χ0n) is 19.9. The fraction of sp³-hybridized carbons (Fsp3) is 0.458. The van der Waals surface area contributed by atoms with Gasteiger partial charge in [-0.25, -0.2) is 14.6 Å². The van der Waals surface area contributed by atoms with E-state index in [0.29, 0.717) is 41.4 Å². The standard InChI is InChI=1S/C24H30N4O6/c1-5-6-13-27-21-20(22(30)26-24(27)32)28(14-15(2)3)18(25-21)11-12-19(29)34-17-9-7-16(8-10-17)23(31)33-4/h7-10,15H,5-6,11-14H2,1-4H3,(H,26,30,32). The number of aryl methyl sites for hydroxylation is 2. The normalized spacial score (nSPS) is 11.2. The van der Waals surface area contributed by atoms with Crippen molar-refractivity contribution in [2.45, 2.75) is 59.5 Å². The Hall–Kier alpha value is -3.69. The molecule has 182 valence electrons. The van der Waals surface area contributed by atoms with Gasteiger partial charge in [0, 0.05) is 19.5 Å². The second-order valence-corrected chi connectivity index (χ2v) is 8.46. The van der Waals surface area contributed by atoms with Crippen LogP contribution in [0, 0.1) is 5.92 Å². The van der Waals surface area contributed by atoms with Crippen molar-refractivity contribution in [1.82, 2.24) is 19.1 Å². The van der Waals surface area contributed by atoms with Crippen molar-refractivity contribution in [2.24, 2.45) is 5.92 Å². The van der Waals surface area contributed by atoms with Gasteiger partial charge in [0.25, 0.3) is 5.56 Å². The van der Waals surface area contributed by atoms with E-state index in [4.69, 9.17) is 4.74 Å². The van der Waals surface area contributed by atoms with E-state index in [1.807, 2.05) is 20.8 Å². The molecule has 0 radical (unpaired) electrons. The van der Waals surface area contributed by atoms with Crippen molar-refractivity contribution in [2.75, 3.05) is 7.11 Å². The molecule has 3 rings (SSSR count). The predicted molar refractivity (Wildman–Crippen MR) is 126 cm³/mol. The number of nitrogens with zero attached hydrogens (tertiary/aromatic N) is 3. The first-order chi connectivity index (χ1) is 16.2. The lowest BCUT2D eigenvalue weighted by Crippen LogP contribution is -2.31. The third-order valence-corrected chi connectivity index (χ3v) is 5.31. The highest BCUT2D eigenvalue weighted by atomic mass is 16.5. The van der Waals surface area contributed by atoms with Gasteiger partial charge in [-0.05, 0) is 36.6 Å². The minimum Gasteiger partial charge on any atom is -0.465 e. The number of nitrogens with one attached hydrogen (secondary N) is 1. The molecule has 2 aromatic heterocycles. The molecule has 0 amide bonds. The molecule has 0 saturated carbocycles. The van der Waals surface area contributed by atoms with Crippen molar-refractivity contribution < 1.29 is 19.1 Å². The Kier molecular flexibility index (Phi) is 8.04. The van der Waals surface area contributed by atoms with Gasteiger partial charge in [0.1, 0.15) is 11.6 Å². The lowest BCUT2D eigenvalue weighted by atomic mass is 10.2. The van der Waals surface area contributed by atoms with E-state index >= 15 is 0 Å². The van der Waals surface area contributed by atoms with E-state index in [-0.39, 0.29) is 18.8 Å². The van der Waals surface area contributed by atoms with Crippen LogP contribution < -0.4 is 16.0 Å². The summed E-state index contributed by atoms with van der Waals surface area (Å²) in [5.74, 6) is 0.105. The van der Waals surface area contributed by atoms with Gasteiger partial charge in [-0.3, -0.25) is 19.1 Å². The van der Waals surface area contributed by atoms with E-state index in [2.05, 4.69) is 14.7 Å². The first-order valence-electron chi connectivity index (χ1n) is 11.4. The van der Waals surface area contributed by atoms with Crippen LogP contribution in [-0.4, -0.2) is 38.2 Å². The number of rotatable bonds is 10. The van der Waals surface area contributed by atoms with Crippen LogP contribution in [0.15, 0.2) is 33.9 Å². The van der Waals surface area contributed by atoms with Gasteiger partial charge < -0.3 is 14.0 Å². The average Bonchev–Trinajstić information content (AvgIpc) is 3.15. The number of hydrogen-bond acceptors (Lipinski definition) is 7. The first-order valence-corrected chi connectivity index (χ1v) is 11.4. The number of carbonyl (C=O) groups is 2. The van der Waals surface area contributed by atoms with Gasteiger partial charge in [-0.2, -0.15) is 0 Å². The van der Waals surface area contributed by atoms with E-state index < -0.39 is 23.2 Å². The fourth-order valence-electron chi connectivity index (χ4n) is 3.67. The lowest BCUT2D eigenvalue weighted by Gasteiger charge is -2.11. The third kappa shape index (κ3) is 5.62. The molecule has 0 saturated heterocycles. The van der Waals surface area contributed by atoms with Crippen LogP contribution in [-0.2, 0) is 29.0 Å². The summed E-state index contributed by atoms with van der Waals surface area (Å²) in [4.78, 5) is 56.1. The lowest BCUT2D eigenvalue weighted by molar-refractivity contribution is -0.134. The number of H-pyrrole nitrogens is 1. The molecule has 10 nitrogen and oxygen atoms in total. The second-order valence-electron chi connectivity index (χ2n) is 8.46. The number of unbranched alkanes of at least 4 members (excludes halogenated alkanes) is 1. The van der Waals surface area contributed by atoms with Gasteiger partial charge in [0.15, 0.2) is 11.2 Å². The van der Waals surface area contributed by atoms with Crippen molar-refractivity contribution in [3.8, 4) is 5.75 Å². The highest BCUT2D eigenvalue weighted by Gasteiger charge is 2.20. The van der Waals surface area contributed by atoms with Gasteiger partial charge in [-0.1, -0.05) is 27.2 Å². The maximum absolute atomic E-state index is 12.7. The van der Waals surface area contributed by atoms with Crippen molar-refractivity contribution in [3.63, 3.8) is 0 Å². The fourth-order valence-corrected chi connectivity index (χ4v) is 3.67. The Bertz CT molecular complexity index is 1280. The Balaban J connectivity index is 1.84. The van der Waals surface area contributed by atoms with Crippen molar-refractivity contribution in [3.05, 3.63) is 56.5 Å². The van der Waals surface area contributed by atoms with E-state index in [9.17, 15) is 19.2 Å². The van der Waals surface area contributed by atoms with Gasteiger partial charge in [-0.15, -0.1) is 0 Å². The van der Waals surface area contributed by atoms with Gasteiger partial charge in [0.05, 0.1) is 19.1 Å². The number of benzene rings is 1. The molecule has 1 N–H and O–H groups in total. The molecular formula is C24H30N4O6. The molecule has 0 aliphatic rings. The molecule has 0 bridgehead atoms. The minimum atomic E-state index is -0.486. The van der Waals surface area contributed by atoms with E-state index in [1.165, 1.54) is 35.9 Å². The third-order valence-electron chi connectivity index (χ3n) is 5.31. The summed E-state index contributed by atoms with van der Waals surface area (Å²) in [5.41, 5.74) is 0.0572. The van der Waals surface area contributed by atoms with Gasteiger partial charge >= 0.3 is 17.6 Å². The number of carbonyl (C=O) groups excluding carboxylic acids is 2. The highest BCUT2D eigenvalue weighted by molar-refractivity contribution is 5.89. The van der Waals surface area contributed by atoms with Crippen LogP contribution in [0.25, 0.3) is 11.2 Å². The average molecular weight is 471 g/mol. The minimum absolute atomic E-state index is 0.0251. The molecule has 0 aliphatic carbocycles. The highest BCUT2D eigenvalue weighted by Crippen LogP contribution is 2.18. The largest absolute Gasteiger partial charge is 0.465 e. The molecule has 34 heavy (non-hydrogen) atoms. The molecule has 1 aromatic carbocycles. The first kappa shape index (κ1) is 24.9. The van der Waals surface area contributed by atoms with Crippen LogP contribution in [0.1, 0.15) is 56.2 Å². The number of esters is 2. The summed E-state index contributed by atoms with van der Waals surface area (Å²) in [6.07, 6.45) is 1.92. The summed E-state index contributed by atoms with van der Waals surface area (Å²) in [6, 6.07) is 6.06. The maximum Gasteiger partial charge on any atom is 0.337 e. The topological polar surface area (TPSA) is 125 Å². The Morgan fingerprint density at radius 2 is 1.82 bits per heavy atom. The predicted octanol–water partition coefficient (Wildman–Crippen LogP) is 2.67. The molecule has 0 atom stereocenters. The second kappa shape index (κ2) is 11.0. The smallest absolute Gasteiger partial charge is 0.337 e. The van der Waals surface area contributed by atoms with Crippen LogP contribution in [0.2, 0.25) is 0 Å². The van der Waals surface area contributed by atoms with Crippen molar-refractivity contribution >= 4 is 23.1 Å². The Morgan fingerprint density at radius 3 is 2.44 bits per heavy atom. The van der Waals surface area contributed by atoms with Crippen molar-refractivity contribution in [1.29, 1.82) is 0 Å². The number of aromatic amines is 1. The quantitative estimate of drug-likeness (QED) is 0.357. The summed E-state index contributed by atoms with van der Waals surface area (Å²) in [7, 11) is 1.29. The van der Waals surface area contributed by atoms with E-state index in [1.54, 1.807) is 4.57 Å². The molecule has 0 spiro atoms. The molecule has 0 unspecified atom stereocenters. The van der Waals surface area contributed by atoms with Gasteiger partial charge in [0.2, 0.25) is 0 Å². The number of methoxy groups -OCH3 is 1. The maximum atomic E-state index is 12.7. The number of aromatic nitrogens is 4. The van der Waals surface area contributed by atoms with Crippen LogP contribution in [0.5, 0.6) is 5.75 Å². The zero-order chi connectivity index (χ0) is 24.8. The molecular weight excluding hydrogens is 440 g/mol. The number of hydrogen-bond donors (Lipinski definition) is 1. The molecule has 3 aromatic rings. The molecule has 10 heteroatoms. The summed E-state index contributed by atoms with van der Waals surface area (Å²) < 4.78 is 13.3. The number of ether oxygens (including phenoxy) is 2. The number of fused-ring (bicyclic) bond motifs is 1. The zero-order valence-corrected chi connectivity index (χ0v) is 19.9. The Labute approximate surface area is 196 Å². The van der Waals surface area contributed by atoms with Crippen LogP contribution in [0.4, 0.5) is 0 Å². The SMILES string of the molecule is CCCCn1c(=O)[nH]c(=O)c2c1nc(CCC(=O)Oc1ccc(C(=O)OC)cc1)n2CC(C)C. The summed E-state index contributed by atoms with van der Waals surface area (Å²) >= 11 is 0. The Morgan fingerprint density at radius 1 is 1.12 bits per heavy atom. The van der Waals surface area contributed by atoms with Crippen LogP contribution in [0.3, 0.4) is 0 Å². The van der Waals surface area contributed by atoms with E-state index in [0.717, 1.165) is 12.8 Å². The van der Waals surface area contributed by atoms with Crippen LogP contribution >= 0.6 is 0 Å². The summed E-state index contributed by atoms with van der Waals surface area (Å²) in [6.45, 7) is 7.02.